The number of hydrogen-bond donors (Lipinski definition) is 1. The van der Waals surface area contributed by atoms with Gasteiger partial charge in [0.05, 0.1) is 7.11 Å². The molecule has 0 unspecified atom stereocenters. The van der Waals surface area contributed by atoms with Gasteiger partial charge >= 0.3 is 5.97 Å². The van der Waals surface area contributed by atoms with Crippen molar-refractivity contribution in [2.24, 2.45) is 5.92 Å². The van der Waals surface area contributed by atoms with Crippen LogP contribution in [0.3, 0.4) is 0 Å². The maximum Gasteiger partial charge on any atom is 0.326 e. The Morgan fingerprint density at radius 3 is 2.24 bits per heavy atom. The van der Waals surface area contributed by atoms with Crippen LogP contribution < -0.4 is 5.32 Å². The van der Waals surface area contributed by atoms with Crippen molar-refractivity contribution in [2.45, 2.75) is 95.6 Å². The van der Waals surface area contributed by atoms with E-state index in [0.717, 1.165) is 18.8 Å². The predicted octanol–water partition coefficient (Wildman–Crippen LogP) is 4.20. The van der Waals surface area contributed by atoms with Gasteiger partial charge < -0.3 is 4.74 Å². The second-order valence-corrected chi connectivity index (χ2v) is 7.14. The molecule has 0 heterocycles. The molecule has 1 N–H and O–H groups in total. The molecule has 2 fully saturated rings. The molecule has 0 bridgehead atoms. The van der Waals surface area contributed by atoms with E-state index in [0.29, 0.717) is 6.04 Å². The summed E-state index contributed by atoms with van der Waals surface area (Å²) >= 11 is 0. The molecule has 0 aromatic heterocycles. The zero-order chi connectivity index (χ0) is 15.1. The summed E-state index contributed by atoms with van der Waals surface area (Å²) in [5, 5.41) is 3.75. The quantitative estimate of drug-likeness (QED) is 0.610. The standard InChI is InChI=1S/C18H33NO2/c1-3-8-15-11-13-18(14-12-15,17(20)21-2)19-16-9-6-4-5-7-10-16/h15-16,19H,3-14H2,1-2H3. The van der Waals surface area contributed by atoms with Gasteiger partial charge in [-0.25, -0.2) is 0 Å². The Labute approximate surface area is 130 Å². The predicted molar refractivity (Wildman–Crippen MR) is 86.2 cm³/mol. The van der Waals surface area contributed by atoms with Crippen LogP contribution in [0.25, 0.3) is 0 Å². The van der Waals surface area contributed by atoms with E-state index in [1.54, 1.807) is 0 Å². The molecule has 0 aromatic carbocycles. The number of nitrogens with one attached hydrogen (secondary N) is 1. The minimum Gasteiger partial charge on any atom is -0.468 e. The molecule has 0 radical (unpaired) electrons. The Bertz CT molecular complexity index is 313. The lowest BCUT2D eigenvalue weighted by molar-refractivity contribution is -0.151. The Balaban J connectivity index is 1.99. The van der Waals surface area contributed by atoms with Gasteiger partial charge in [-0.05, 0) is 44.4 Å². The highest BCUT2D eigenvalue weighted by Crippen LogP contribution is 2.36. The van der Waals surface area contributed by atoms with Crippen LogP contribution in [0.5, 0.6) is 0 Å². The molecule has 0 aliphatic heterocycles. The number of methoxy groups -OCH3 is 1. The largest absolute Gasteiger partial charge is 0.468 e. The van der Waals surface area contributed by atoms with Crippen molar-refractivity contribution in [3.05, 3.63) is 0 Å². The van der Waals surface area contributed by atoms with Crippen LogP contribution in [-0.2, 0) is 9.53 Å². The topological polar surface area (TPSA) is 38.3 Å². The summed E-state index contributed by atoms with van der Waals surface area (Å²) in [5.41, 5.74) is -0.395. The first-order chi connectivity index (χ1) is 10.2. The summed E-state index contributed by atoms with van der Waals surface area (Å²) in [5.74, 6) is 0.783. The average molecular weight is 295 g/mol. The van der Waals surface area contributed by atoms with Crippen molar-refractivity contribution in [1.29, 1.82) is 0 Å². The maximum atomic E-state index is 12.4. The average Bonchev–Trinajstić information content (AvgIpc) is 2.77. The van der Waals surface area contributed by atoms with Crippen molar-refractivity contribution >= 4 is 5.97 Å². The molecule has 0 saturated heterocycles. The fraction of sp³-hybridized carbons (Fsp3) is 0.944. The van der Waals surface area contributed by atoms with Crippen LogP contribution in [0.1, 0.15) is 84.0 Å². The number of esters is 1. The van der Waals surface area contributed by atoms with Crippen LogP contribution in [0.2, 0.25) is 0 Å². The molecule has 0 spiro atoms. The summed E-state index contributed by atoms with van der Waals surface area (Å²) < 4.78 is 5.16. The zero-order valence-corrected chi connectivity index (χ0v) is 14.0. The first kappa shape index (κ1) is 16.8. The second-order valence-electron chi connectivity index (χ2n) is 7.14. The second kappa shape index (κ2) is 8.17. The summed E-state index contributed by atoms with van der Waals surface area (Å²) in [7, 11) is 1.54. The van der Waals surface area contributed by atoms with Crippen molar-refractivity contribution in [2.75, 3.05) is 7.11 Å². The van der Waals surface area contributed by atoms with Crippen molar-refractivity contribution in [3.63, 3.8) is 0 Å². The summed E-state index contributed by atoms with van der Waals surface area (Å²) in [6.07, 6.45) is 14.6. The Morgan fingerprint density at radius 2 is 1.71 bits per heavy atom. The number of carbonyl (C=O) groups is 1. The molecule has 2 aliphatic rings. The summed E-state index contributed by atoms with van der Waals surface area (Å²) in [6, 6.07) is 0.509. The molecule has 3 nitrogen and oxygen atoms in total. The van der Waals surface area contributed by atoms with Crippen LogP contribution in [0.15, 0.2) is 0 Å². The van der Waals surface area contributed by atoms with Crippen LogP contribution >= 0.6 is 0 Å². The highest BCUT2D eigenvalue weighted by molar-refractivity contribution is 5.81. The minimum absolute atomic E-state index is 0.0262. The van der Waals surface area contributed by atoms with E-state index in [4.69, 9.17) is 4.74 Å². The first-order valence-electron chi connectivity index (χ1n) is 9.06. The van der Waals surface area contributed by atoms with Crippen LogP contribution in [0, 0.1) is 5.92 Å². The van der Waals surface area contributed by atoms with Crippen molar-refractivity contribution in [3.8, 4) is 0 Å². The van der Waals surface area contributed by atoms with Crippen LogP contribution in [-0.4, -0.2) is 24.7 Å². The minimum atomic E-state index is -0.395. The van der Waals surface area contributed by atoms with Gasteiger partial charge in [0, 0.05) is 6.04 Å². The molecular weight excluding hydrogens is 262 g/mol. The number of rotatable bonds is 5. The van der Waals surface area contributed by atoms with Gasteiger partial charge in [0.2, 0.25) is 0 Å². The highest BCUT2D eigenvalue weighted by Gasteiger charge is 2.43. The van der Waals surface area contributed by atoms with Crippen molar-refractivity contribution < 1.29 is 9.53 Å². The molecule has 2 saturated carbocycles. The summed E-state index contributed by atoms with van der Waals surface area (Å²) in [4.78, 5) is 12.4. The van der Waals surface area contributed by atoms with Gasteiger partial charge in [-0.2, -0.15) is 0 Å². The monoisotopic (exact) mass is 295 g/mol. The van der Waals surface area contributed by atoms with E-state index in [2.05, 4.69) is 12.2 Å². The Hall–Kier alpha value is -0.570. The van der Waals surface area contributed by atoms with E-state index in [-0.39, 0.29) is 5.97 Å². The normalized spacial score (nSPS) is 31.6. The molecule has 2 rings (SSSR count). The fourth-order valence-corrected chi connectivity index (χ4v) is 4.28. The van der Waals surface area contributed by atoms with Gasteiger partial charge in [-0.3, -0.25) is 10.1 Å². The third-order valence-electron chi connectivity index (χ3n) is 5.57. The SMILES string of the molecule is CCCC1CCC(NC2CCCCCC2)(C(=O)OC)CC1. The number of ether oxygens (including phenoxy) is 1. The Kier molecular flexibility index (Phi) is 6.53. The highest BCUT2D eigenvalue weighted by atomic mass is 16.5. The number of hydrogen-bond acceptors (Lipinski definition) is 3. The first-order valence-corrected chi connectivity index (χ1v) is 9.06. The van der Waals surface area contributed by atoms with Gasteiger partial charge in [0.1, 0.15) is 5.54 Å². The molecule has 0 amide bonds. The maximum absolute atomic E-state index is 12.4. The van der Waals surface area contributed by atoms with E-state index >= 15 is 0 Å². The molecule has 0 atom stereocenters. The van der Waals surface area contributed by atoms with Gasteiger partial charge in [-0.15, -0.1) is 0 Å². The van der Waals surface area contributed by atoms with Gasteiger partial charge in [0.25, 0.3) is 0 Å². The molecule has 3 heteroatoms. The van der Waals surface area contributed by atoms with Crippen molar-refractivity contribution in [1.82, 2.24) is 5.32 Å². The lowest BCUT2D eigenvalue weighted by atomic mass is 9.74. The smallest absolute Gasteiger partial charge is 0.326 e. The van der Waals surface area contributed by atoms with E-state index in [1.807, 2.05) is 0 Å². The molecular formula is C18H33NO2. The third kappa shape index (κ3) is 4.45. The zero-order valence-electron chi connectivity index (χ0n) is 14.0. The Morgan fingerprint density at radius 1 is 1.10 bits per heavy atom. The molecule has 21 heavy (non-hydrogen) atoms. The molecule has 122 valence electrons. The lowest BCUT2D eigenvalue weighted by Crippen LogP contribution is -2.58. The molecule has 2 aliphatic carbocycles. The lowest BCUT2D eigenvalue weighted by Gasteiger charge is -2.41. The number of carbonyl (C=O) groups excluding carboxylic acids is 1. The van der Waals surface area contributed by atoms with Gasteiger partial charge in [-0.1, -0.05) is 45.4 Å². The van der Waals surface area contributed by atoms with Gasteiger partial charge in [0.15, 0.2) is 0 Å². The third-order valence-corrected chi connectivity index (χ3v) is 5.57. The van der Waals surface area contributed by atoms with E-state index in [9.17, 15) is 4.79 Å². The van der Waals surface area contributed by atoms with Crippen LogP contribution in [0.4, 0.5) is 0 Å². The molecule has 0 aromatic rings. The summed E-state index contributed by atoms with van der Waals surface area (Å²) in [6.45, 7) is 2.26. The van der Waals surface area contributed by atoms with E-state index in [1.165, 1.54) is 71.3 Å². The fourth-order valence-electron chi connectivity index (χ4n) is 4.28. The van der Waals surface area contributed by atoms with E-state index < -0.39 is 5.54 Å².